The normalized spacial score (nSPS) is 17.5. The van der Waals surface area contributed by atoms with Crippen molar-refractivity contribution in [2.75, 3.05) is 0 Å². The molecule has 0 bridgehead atoms. The maximum absolute atomic E-state index is 14.2. The molecule has 0 heterocycles. The van der Waals surface area contributed by atoms with Gasteiger partial charge in [-0.15, -0.1) is 24.8 Å². The Morgan fingerprint density at radius 1 is 0.571 bits per heavy atom. The Balaban J connectivity index is 0.00000202. The van der Waals surface area contributed by atoms with Gasteiger partial charge in [0.25, 0.3) is 0 Å². The van der Waals surface area contributed by atoms with Gasteiger partial charge in [0, 0.05) is 0 Å². The smallest absolute Gasteiger partial charge is 0.147 e. The molecule has 0 spiro atoms. The van der Waals surface area contributed by atoms with Crippen molar-refractivity contribution < 1.29 is 35.0 Å². The third-order valence-electron chi connectivity index (χ3n) is 8.80. The summed E-state index contributed by atoms with van der Waals surface area (Å²) in [5.74, 6) is -2.36. The van der Waals surface area contributed by atoms with E-state index in [0.717, 1.165) is 34.4 Å². The molecule has 0 saturated heterocycles. The van der Waals surface area contributed by atoms with Crippen molar-refractivity contribution in [3.63, 3.8) is 0 Å². The van der Waals surface area contributed by atoms with Gasteiger partial charge < -0.3 is 0 Å². The number of allylic oxidation sites excluding steroid dienone is 2. The summed E-state index contributed by atoms with van der Waals surface area (Å²) >= 11 is -3.84. The summed E-state index contributed by atoms with van der Waals surface area (Å²) in [4.78, 5) is 0. The molecule has 4 aromatic rings. The standard InChI is InChI=1S/2C16H11F2.2CH3.2ClH.H2Si.Zr/c2*1-10-5-11-3-2-4-15(16(11)6-10)12-7-13(17)9-14(18)8-12;;;;;;/h2*2-9H,1H3;2*1H3;2*1H;1H2;. The van der Waals surface area contributed by atoms with Crippen LogP contribution in [0.2, 0.25) is 9.26 Å². The molecular formula is C34H32Cl2F4SiZr. The van der Waals surface area contributed by atoms with Crippen LogP contribution in [0.4, 0.5) is 17.6 Å². The second kappa shape index (κ2) is 11.4. The summed E-state index contributed by atoms with van der Waals surface area (Å²) in [6.07, 6.45) is 4.40. The molecule has 8 heteroatoms. The molecule has 218 valence electrons. The van der Waals surface area contributed by atoms with Gasteiger partial charge in [-0.25, -0.2) is 0 Å². The average Bonchev–Trinajstić information content (AvgIpc) is 3.38. The number of hydrogen-bond acceptors (Lipinski definition) is 0. The first-order valence-electron chi connectivity index (χ1n) is 13.4. The third-order valence-corrected chi connectivity index (χ3v) is 26.7. The zero-order valence-electron chi connectivity index (χ0n) is 23.8. The molecule has 0 nitrogen and oxygen atoms in total. The largest absolute Gasteiger partial charge is 0.147 e. The minimum atomic E-state index is -3.84. The second-order valence-corrected chi connectivity index (χ2v) is 43.0. The molecule has 0 radical (unpaired) electrons. The maximum Gasteiger partial charge on any atom is -0.147 e. The molecule has 2 atom stereocenters. The van der Waals surface area contributed by atoms with Crippen molar-refractivity contribution in [3.05, 3.63) is 129 Å². The van der Waals surface area contributed by atoms with E-state index >= 15 is 0 Å². The number of benzene rings is 4. The molecule has 0 fully saturated rings. The van der Waals surface area contributed by atoms with Gasteiger partial charge in [-0.3, -0.25) is 0 Å². The van der Waals surface area contributed by atoms with Crippen LogP contribution in [0.15, 0.2) is 83.9 Å². The molecule has 0 N–H and O–H groups in total. The Hall–Kier alpha value is -2.24. The van der Waals surface area contributed by atoms with Crippen molar-refractivity contribution in [1.82, 2.24) is 0 Å². The summed E-state index contributed by atoms with van der Waals surface area (Å²) < 4.78 is 62.1. The molecule has 4 aromatic carbocycles. The molecule has 0 aromatic heterocycles. The first-order chi connectivity index (χ1) is 18.8. The number of hydrogen-bond donors (Lipinski definition) is 0. The van der Waals surface area contributed by atoms with Crippen LogP contribution in [0.25, 0.3) is 34.4 Å². The van der Waals surface area contributed by atoms with E-state index in [1.165, 1.54) is 46.5 Å². The van der Waals surface area contributed by atoms with Crippen molar-refractivity contribution in [1.29, 1.82) is 0 Å². The zero-order chi connectivity index (χ0) is 28.6. The fraction of sp³-hybridized carbons (Fsp3) is 0.176. The Bertz CT molecular complexity index is 1700. The first-order valence-corrected chi connectivity index (χ1v) is 27.1. The quantitative estimate of drug-likeness (QED) is 0.146. The molecule has 2 aliphatic rings. The maximum atomic E-state index is 14.2. The fourth-order valence-electron chi connectivity index (χ4n) is 7.71. The van der Waals surface area contributed by atoms with Gasteiger partial charge in [0.1, 0.15) is 0 Å². The van der Waals surface area contributed by atoms with Crippen LogP contribution in [-0.4, -0.2) is 6.88 Å². The number of rotatable bonds is 4. The Morgan fingerprint density at radius 2 is 0.905 bits per heavy atom. The monoisotopic (exact) mass is 704 g/mol. The topological polar surface area (TPSA) is 0 Å². The molecule has 0 aliphatic heterocycles. The zero-order valence-corrected chi connectivity index (χ0v) is 29.3. The predicted molar refractivity (Wildman–Crippen MR) is 171 cm³/mol. The van der Waals surface area contributed by atoms with E-state index in [2.05, 4.69) is 54.3 Å². The van der Waals surface area contributed by atoms with Crippen LogP contribution in [0.5, 0.6) is 0 Å². The van der Waals surface area contributed by atoms with E-state index in [9.17, 15) is 17.6 Å². The van der Waals surface area contributed by atoms with E-state index in [1.54, 1.807) is 0 Å². The summed E-state index contributed by atoms with van der Waals surface area (Å²) in [6, 6.07) is 19.6. The second-order valence-electron chi connectivity index (χ2n) is 12.5. The number of halogens is 6. The van der Waals surface area contributed by atoms with E-state index < -0.39 is 40.7 Å². The van der Waals surface area contributed by atoms with Gasteiger partial charge in [-0.2, -0.15) is 0 Å². The average molecular weight is 707 g/mol. The van der Waals surface area contributed by atoms with E-state index in [4.69, 9.17) is 0 Å². The van der Waals surface area contributed by atoms with Crippen molar-refractivity contribution in [2.45, 2.75) is 30.4 Å². The molecule has 6 rings (SSSR count). The van der Waals surface area contributed by atoms with Gasteiger partial charge in [-0.05, 0) is 0 Å². The van der Waals surface area contributed by atoms with Crippen molar-refractivity contribution in [3.8, 4) is 22.3 Å². The third kappa shape index (κ3) is 5.34. The van der Waals surface area contributed by atoms with Crippen LogP contribution in [0.1, 0.15) is 43.4 Å². The van der Waals surface area contributed by atoms with E-state index in [1.807, 2.05) is 24.3 Å². The minimum Gasteiger partial charge on any atom is -0.147 e. The van der Waals surface area contributed by atoms with Gasteiger partial charge in [0.05, 0.1) is 0 Å². The Labute approximate surface area is 259 Å². The van der Waals surface area contributed by atoms with Crippen LogP contribution in [0.3, 0.4) is 0 Å². The first kappa shape index (κ1) is 32.7. The van der Waals surface area contributed by atoms with Crippen LogP contribution < -0.4 is 0 Å². The van der Waals surface area contributed by atoms with E-state index in [0.29, 0.717) is 11.1 Å². The van der Waals surface area contributed by atoms with Crippen LogP contribution in [-0.2, 0) is 17.4 Å². The van der Waals surface area contributed by atoms with Crippen LogP contribution in [0, 0.1) is 23.3 Å². The SMILES string of the molecule is CC1=Cc2c(-c3cc(F)cc(F)c3)cccc2[CH]1[Zr]([CH3])([CH3])(=[SiH2])[CH]1C(C)=Cc2c(-c3cc(F)cc(F)c3)cccc21.Cl.Cl. The Kier molecular flexibility index (Phi) is 8.83. The summed E-state index contributed by atoms with van der Waals surface area (Å²) in [6.45, 7) is 6.55. The summed E-state index contributed by atoms with van der Waals surface area (Å²) in [5, 5.41) is 0. The molecule has 42 heavy (non-hydrogen) atoms. The van der Waals surface area contributed by atoms with E-state index in [-0.39, 0.29) is 32.1 Å². The van der Waals surface area contributed by atoms with Gasteiger partial charge in [0.2, 0.25) is 0 Å². The summed E-state index contributed by atoms with van der Waals surface area (Å²) in [5.41, 5.74) is 9.79. The van der Waals surface area contributed by atoms with Crippen LogP contribution >= 0.6 is 24.8 Å². The van der Waals surface area contributed by atoms with Crippen molar-refractivity contribution in [2.24, 2.45) is 0 Å². The van der Waals surface area contributed by atoms with Gasteiger partial charge >= 0.3 is 236 Å². The molecule has 0 amide bonds. The minimum absolute atomic E-state index is 0. The number of fused-ring (bicyclic) bond motifs is 2. The fourth-order valence-corrected chi connectivity index (χ4v) is 29.0. The molecule has 2 aliphatic carbocycles. The van der Waals surface area contributed by atoms with Gasteiger partial charge in [-0.1, -0.05) is 0 Å². The van der Waals surface area contributed by atoms with Gasteiger partial charge in [0.15, 0.2) is 0 Å². The van der Waals surface area contributed by atoms with Crippen molar-refractivity contribution >= 4 is 43.8 Å². The Morgan fingerprint density at radius 3 is 1.24 bits per heavy atom. The molecular weight excluding hydrogens is 675 g/mol. The predicted octanol–water partition coefficient (Wildman–Crippen LogP) is 10.4. The molecule has 0 saturated carbocycles. The summed E-state index contributed by atoms with van der Waals surface area (Å²) in [7, 11) is 0. The molecule has 2 unspecified atom stereocenters.